The topological polar surface area (TPSA) is 118 Å². The Morgan fingerprint density at radius 1 is 1.19 bits per heavy atom. The molecule has 0 bridgehead atoms. The summed E-state index contributed by atoms with van der Waals surface area (Å²) in [6, 6.07) is 20.0. The van der Waals surface area contributed by atoms with Gasteiger partial charge in [0, 0.05) is 23.3 Å². The molecule has 0 unspecified atom stereocenters. The highest BCUT2D eigenvalue weighted by molar-refractivity contribution is 9.10. The summed E-state index contributed by atoms with van der Waals surface area (Å²) in [7, 11) is 0. The second-order valence-corrected chi connectivity index (χ2v) is 7.11. The molecule has 31 heavy (non-hydrogen) atoms. The molecule has 0 saturated heterocycles. The van der Waals surface area contributed by atoms with Gasteiger partial charge in [-0.1, -0.05) is 24.3 Å². The van der Waals surface area contributed by atoms with E-state index >= 15 is 0 Å². The van der Waals surface area contributed by atoms with Crippen molar-refractivity contribution in [2.45, 2.75) is 6.61 Å². The second-order valence-electron chi connectivity index (χ2n) is 6.25. The van der Waals surface area contributed by atoms with Gasteiger partial charge in [0.2, 0.25) is 0 Å². The third-order valence-electron chi connectivity index (χ3n) is 4.18. The van der Waals surface area contributed by atoms with Crippen molar-refractivity contribution in [2.24, 2.45) is 5.10 Å². The molecule has 3 rings (SSSR count). The number of nitro benzene ring substituents is 1. The third-order valence-corrected chi connectivity index (χ3v) is 4.80. The number of hydrogen-bond donors (Lipinski definition) is 1. The van der Waals surface area contributed by atoms with E-state index in [-0.39, 0.29) is 17.9 Å². The highest BCUT2D eigenvalue weighted by Crippen LogP contribution is 2.26. The third kappa shape index (κ3) is 5.74. The Kier molecular flexibility index (Phi) is 7.09. The fraction of sp³-hybridized carbons (Fsp3) is 0.0455. The van der Waals surface area contributed by atoms with Crippen LogP contribution in [0.5, 0.6) is 5.75 Å². The molecule has 9 heteroatoms. The van der Waals surface area contributed by atoms with Crippen molar-refractivity contribution >= 4 is 33.7 Å². The van der Waals surface area contributed by atoms with E-state index in [2.05, 4.69) is 32.5 Å². The van der Waals surface area contributed by atoms with Crippen LogP contribution in [0.15, 0.2) is 76.3 Å². The van der Waals surface area contributed by atoms with Crippen LogP contribution in [0.4, 0.5) is 5.69 Å². The van der Waals surface area contributed by atoms with Crippen LogP contribution in [0.25, 0.3) is 0 Å². The van der Waals surface area contributed by atoms with Gasteiger partial charge in [0.15, 0.2) is 0 Å². The first-order valence-electron chi connectivity index (χ1n) is 8.96. The molecule has 8 nitrogen and oxygen atoms in total. The zero-order valence-corrected chi connectivity index (χ0v) is 17.6. The normalized spacial score (nSPS) is 10.5. The lowest BCUT2D eigenvalue weighted by molar-refractivity contribution is -0.384. The van der Waals surface area contributed by atoms with E-state index in [4.69, 9.17) is 10.00 Å². The van der Waals surface area contributed by atoms with E-state index < -0.39 is 10.8 Å². The molecule has 0 aliphatic carbocycles. The Labute approximate surface area is 186 Å². The molecule has 0 fully saturated rings. The van der Waals surface area contributed by atoms with E-state index in [1.165, 1.54) is 30.5 Å². The maximum absolute atomic E-state index is 12.1. The number of nitro groups is 1. The van der Waals surface area contributed by atoms with Crippen LogP contribution in [-0.4, -0.2) is 17.0 Å². The Morgan fingerprint density at radius 3 is 2.74 bits per heavy atom. The quantitative estimate of drug-likeness (QED) is 0.303. The van der Waals surface area contributed by atoms with Crippen LogP contribution >= 0.6 is 15.9 Å². The summed E-state index contributed by atoms with van der Waals surface area (Å²) in [4.78, 5) is 22.3. The van der Waals surface area contributed by atoms with Gasteiger partial charge in [-0.2, -0.15) is 10.4 Å². The minimum Gasteiger partial charge on any atom is -0.488 e. The molecule has 1 N–H and O–H groups in total. The van der Waals surface area contributed by atoms with Crippen LogP contribution < -0.4 is 10.2 Å². The minimum absolute atomic E-state index is 0.133. The van der Waals surface area contributed by atoms with Gasteiger partial charge in [-0.05, 0) is 51.8 Å². The SMILES string of the molecule is N#Cc1ccccc1COc1ccc(C=NNC(=O)c2cccc([N+](=O)[O-])c2)cc1Br. The lowest BCUT2D eigenvalue weighted by Gasteiger charge is -2.10. The maximum atomic E-state index is 12.1. The fourth-order valence-electron chi connectivity index (χ4n) is 2.62. The highest BCUT2D eigenvalue weighted by Gasteiger charge is 2.11. The van der Waals surface area contributed by atoms with Crippen molar-refractivity contribution in [3.05, 3.63) is 104 Å². The van der Waals surface area contributed by atoms with Crippen LogP contribution in [0.2, 0.25) is 0 Å². The Morgan fingerprint density at radius 2 is 2.00 bits per heavy atom. The van der Waals surface area contributed by atoms with Crippen molar-refractivity contribution in [1.82, 2.24) is 5.43 Å². The van der Waals surface area contributed by atoms with Gasteiger partial charge >= 0.3 is 0 Å². The average Bonchev–Trinajstić information content (AvgIpc) is 2.78. The van der Waals surface area contributed by atoms with E-state index in [1.54, 1.807) is 30.3 Å². The number of hydrogen-bond acceptors (Lipinski definition) is 6. The standard InChI is InChI=1S/C22H15BrN4O4/c23-20-10-15(8-9-21(20)31-14-18-5-2-1-4-17(18)12-24)13-25-26-22(28)16-6-3-7-19(11-16)27(29)30/h1-11,13H,14H2,(H,26,28). The number of rotatable bonds is 7. The molecule has 3 aromatic carbocycles. The van der Waals surface area contributed by atoms with Crippen molar-refractivity contribution < 1.29 is 14.5 Å². The molecule has 154 valence electrons. The molecular weight excluding hydrogens is 464 g/mol. The number of amides is 1. The molecule has 0 spiro atoms. The predicted molar refractivity (Wildman–Crippen MR) is 118 cm³/mol. The summed E-state index contributed by atoms with van der Waals surface area (Å²) in [6.45, 7) is 0.245. The molecule has 1 amide bonds. The van der Waals surface area contributed by atoms with Crippen LogP contribution in [-0.2, 0) is 6.61 Å². The largest absolute Gasteiger partial charge is 0.488 e. The number of benzene rings is 3. The van der Waals surface area contributed by atoms with Gasteiger partial charge in [0.25, 0.3) is 11.6 Å². The maximum Gasteiger partial charge on any atom is 0.271 e. The Hall–Kier alpha value is -4.03. The molecule has 0 aliphatic heterocycles. The van der Waals surface area contributed by atoms with Crippen molar-refractivity contribution in [3.63, 3.8) is 0 Å². The molecule has 0 aromatic heterocycles. The molecule has 0 atom stereocenters. The van der Waals surface area contributed by atoms with Gasteiger partial charge in [-0.3, -0.25) is 14.9 Å². The van der Waals surface area contributed by atoms with Crippen molar-refractivity contribution in [2.75, 3.05) is 0 Å². The molecule has 0 aliphatic rings. The van der Waals surface area contributed by atoms with E-state index in [1.807, 2.05) is 12.1 Å². The number of nitrogens with one attached hydrogen (secondary N) is 1. The molecule has 3 aromatic rings. The summed E-state index contributed by atoms with van der Waals surface area (Å²) in [5, 5.41) is 23.8. The number of carbonyl (C=O) groups excluding carboxylic acids is 1. The van der Waals surface area contributed by atoms with Crippen LogP contribution in [0.1, 0.15) is 27.0 Å². The number of halogens is 1. The monoisotopic (exact) mass is 478 g/mol. The van der Waals surface area contributed by atoms with Gasteiger partial charge < -0.3 is 4.74 Å². The fourth-order valence-corrected chi connectivity index (χ4v) is 3.13. The summed E-state index contributed by atoms with van der Waals surface area (Å²) in [6.07, 6.45) is 1.44. The lowest BCUT2D eigenvalue weighted by Crippen LogP contribution is -2.17. The number of non-ortho nitro benzene ring substituents is 1. The highest BCUT2D eigenvalue weighted by atomic mass is 79.9. The number of ether oxygens (including phenoxy) is 1. The Bertz CT molecular complexity index is 1200. The Balaban J connectivity index is 1.61. The van der Waals surface area contributed by atoms with Gasteiger partial charge in [0.1, 0.15) is 12.4 Å². The number of hydrazone groups is 1. The van der Waals surface area contributed by atoms with E-state index in [9.17, 15) is 14.9 Å². The second kappa shape index (κ2) is 10.1. The zero-order chi connectivity index (χ0) is 22.2. The van der Waals surface area contributed by atoms with E-state index in [0.29, 0.717) is 21.3 Å². The summed E-state index contributed by atoms with van der Waals surface area (Å²) < 4.78 is 6.46. The molecule has 0 radical (unpaired) electrons. The van der Waals surface area contributed by atoms with Crippen molar-refractivity contribution in [3.8, 4) is 11.8 Å². The lowest BCUT2D eigenvalue weighted by atomic mass is 10.1. The predicted octanol–water partition coefficient (Wildman–Crippen LogP) is 4.57. The molecule has 0 heterocycles. The first kappa shape index (κ1) is 21.7. The number of nitriles is 1. The van der Waals surface area contributed by atoms with Gasteiger partial charge in [-0.25, -0.2) is 5.43 Å². The smallest absolute Gasteiger partial charge is 0.271 e. The summed E-state index contributed by atoms with van der Waals surface area (Å²) >= 11 is 3.43. The number of nitrogens with zero attached hydrogens (tertiary/aromatic N) is 3. The first-order chi connectivity index (χ1) is 15.0. The minimum atomic E-state index is -0.569. The van der Waals surface area contributed by atoms with Crippen LogP contribution in [0.3, 0.4) is 0 Å². The molecule has 0 saturated carbocycles. The van der Waals surface area contributed by atoms with Crippen LogP contribution in [0, 0.1) is 21.4 Å². The van der Waals surface area contributed by atoms with Gasteiger partial charge in [0.05, 0.1) is 27.2 Å². The number of carbonyl (C=O) groups is 1. The van der Waals surface area contributed by atoms with Crippen molar-refractivity contribution in [1.29, 1.82) is 5.26 Å². The summed E-state index contributed by atoms with van der Waals surface area (Å²) in [5.41, 5.74) is 4.33. The molecular formula is C22H15BrN4O4. The first-order valence-corrected chi connectivity index (χ1v) is 9.75. The summed E-state index contributed by atoms with van der Waals surface area (Å²) in [5.74, 6) is 0.0284. The van der Waals surface area contributed by atoms with Gasteiger partial charge in [-0.15, -0.1) is 0 Å². The zero-order valence-electron chi connectivity index (χ0n) is 16.0. The van der Waals surface area contributed by atoms with E-state index in [0.717, 1.165) is 5.56 Å². The average molecular weight is 479 g/mol.